The molecule has 1 heterocycles. The van der Waals surface area contributed by atoms with Crippen molar-refractivity contribution in [2.24, 2.45) is 11.8 Å². The van der Waals surface area contributed by atoms with Gasteiger partial charge >= 0.3 is 6.03 Å². The van der Waals surface area contributed by atoms with E-state index in [0.717, 1.165) is 38.0 Å². The summed E-state index contributed by atoms with van der Waals surface area (Å²) in [7, 11) is 1.70. The summed E-state index contributed by atoms with van der Waals surface area (Å²) in [5.41, 5.74) is -0.0971. The summed E-state index contributed by atoms with van der Waals surface area (Å²) in [5, 5.41) is 17.0. The molecule has 0 spiro atoms. The van der Waals surface area contributed by atoms with Crippen molar-refractivity contribution in [3.63, 3.8) is 0 Å². The summed E-state index contributed by atoms with van der Waals surface area (Å²) in [4.78, 5) is 15.1. The van der Waals surface area contributed by atoms with Gasteiger partial charge in [0.25, 0.3) is 0 Å². The third-order valence-electron chi connectivity index (χ3n) is 8.05. The van der Waals surface area contributed by atoms with Gasteiger partial charge in [-0.25, -0.2) is 13.6 Å². The van der Waals surface area contributed by atoms with Crippen LogP contribution >= 0.6 is 0 Å². The van der Waals surface area contributed by atoms with E-state index in [0.29, 0.717) is 23.5 Å². The normalized spacial score (nSPS) is 27.6. The number of halogens is 2. The van der Waals surface area contributed by atoms with E-state index in [1.165, 1.54) is 12.8 Å². The summed E-state index contributed by atoms with van der Waals surface area (Å²) in [6.07, 6.45) is 8.42. The van der Waals surface area contributed by atoms with Gasteiger partial charge in [0.2, 0.25) is 5.92 Å². The zero-order valence-electron chi connectivity index (χ0n) is 20.0. The van der Waals surface area contributed by atoms with E-state index in [1.54, 1.807) is 30.1 Å². The highest BCUT2D eigenvalue weighted by Gasteiger charge is 2.57. The van der Waals surface area contributed by atoms with Crippen LogP contribution in [0.15, 0.2) is 30.0 Å². The summed E-state index contributed by atoms with van der Waals surface area (Å²) in [6.45, 7) is 2.64. The second-order valence-electron chi connectivity index (χ2n) is 10.6. The van der Waals surface area contributed by atoms with Crippen molar-refractivity contribution in [2.75, 3.05) is 13.7 Å². The second kappa shape index (κ2) is 8.40. The third kappa shape index (κ3) is 4.14. The van der Waals surface area contributed by atoms with Gasteiger partial charge in [-0.3, -0.25) is 10.2 Å². The molecule has 3 saturated carbocycles. The Balaban J connectivity index is 1.48. The Morgan fingerprint density at radius 1 is 1.26 bits per heavy atom. The molecule has 4 aliphatic rings. The van der Waals surface area contributed by atoms with Crippen LogP contribution in [0.5, 0.6) is 11.5 Å². The first-order valence-corrected chi connectivity index (χ1v) is 12.6. The van der Waals surface area contributed by atoms with E-state index in [2.05, 4.69) is 17.6 Å². The number of amides is 2. The SMILES string of the molecule is CCCC1(N2C=C(C3CC(F)(F)C3)[C@](NC)(c3ccc(OCCC4CC4)c(O)c3)NC2=O)CC1. The first-order valence-electron chi connectivity index (χ1n) is 12.6. The van der Waals surface area contributed by atoms with Crippen LogP contribution in [0.2, 0.25) is 0 Å². The molecule has 1 aliphatic heterocycles. The number of aromatic hydroxyl groups is 1. The molecule has 0 radical (unpaired) electrons. The molecule has 1 atom stereocenters. The molecule has 6 nitrogen and oxygen atoms in total. The quantitative estimate of drug-likeness (QED) is 0.433. The summed E-state index contributed by atoms with van der Waals surface area (Å²) in [5.74, 6) is -1.98. The van der Waals surface area contributed by atoms with Crippen molar-refractivity contribution in [1.82, 2.24) is 15.5 Å². The first-order chi connectivity index (χ1) is 16.2. The van der Waals surface area contributed by atoms with E-state index in [9.17, 15) is 18.7 Å². The largest absolute Gasteiger partial charge is 0.504 e. The molecule has 3 fully saturated rings. The van der Waals surface area contributed by atoms with Crippen molar-refractivity contribution >= 4 is 6.03 Å². The molecular formula is C26H35F2N3O3. The lowest BCUT2D eigenvalue weighted by Gasteiger charge is -2.50. The van der Waals surface area contributed by atoms with Crippen molar-refractivity contribution in [3.05, 3.63) is 35.5 Å². The molecule has 1 aromatic carbocycles. The molecule has 0 saturated heterocycles. The average molecular weight is 476 g/mol. The number of likely N-dealkylation sites (N-methyl/N-ethyl adjacent to an activating group) is 1. The summed E-state index contributed by atoms with van der Waals surface area (Å²) in [6, 6.07) is 4.81. The van der Waals surface area contributed by atoms with E-state index >= 15 is 0 Å². The Morgan fingerprint density at radius 3 is 2.56 bits per heavy atom. The highest BCUT2D eigenvalue weighted by Crippen LogP contribution is 2.54. The molecule has 186 valence electrons. The number of carbonyl (C=O) groups excluding carboxylic acids is 1. The van der Waals surface area contributed by atoms with Crippen LogP contribution in [-0.4, -0.2) is 41.2 Å². The number of phenolic OH excluding ortho intramolecular Hbond substituents is 1. The molecule has 0 aromatic heterocycles. The van der Waals surface area contributed by atoms with Gasteiger partial charge in [-0.1, -0.05) is 32.3 Å². The van der Waals surface area contributed by atoms with Crippen LogP contribution < -0.4 is 15.4 Å². The Hall–Kier alpha value is -2.35. The zero-order chi connectivity index (χ0) is 24.1. The molecule has 0 unspecified atom stereocenters. The van der Waals surface area contributed by atoms with Gasteiger partial charge in [-0.05, 0) is 62.3 Å². The molecule has 5 rings (SSSR count). The van der Waals surface area contributed by atoms with E-state index in [1.807, 2.05) is 6.20 Å². The van der Waals surface area contributed by atoms with Gasteiger partial charge in [0.1, 0.15) is 5.66 Å². The smallest absolute Gasteiger partial charge is 0.323 e. The lowest BCUT2D eigenvalue weighted by atomic mass is 9.70. The van der Waals surface area contributed by atoms with Crippen molar-refractivity contribution in [2.45, 2.75) is 81.8 Å². The monoisotopic (exact) mass is 475 g/mol. The molecule has 2 amide bonds. The lowest BCUT2D eigenvalue weighted by molar-refractivity contribution is -0.104. The van der Waals surface area contributed by atoms with E-state index in [4.69, 9.17) is 4.74 Å². The number of nitrogens with zero attached hydrogens (tertiary/aromatic N) is 1. The van der Waals surface area contributed by atoms with Crippen molar-refractivity contribution < 1.29 is 23.4 Å². The number of hydrogen-bond donors (Lipinski definition) is 3. The molecular weight excluding hydrogens is 440 g/mol. The minimum Gasteiger partial charge on any atom is -0.504 e. The van der Waals surface area contributed by atoms with E-state index < -0.39 is 11.6 Å². The van der Waals surface area contributed by atoms with E-state index in [-0.39, 0.29) is 36.1 Å². The topological polar surface area (TPSA) is 73.8 Å². The van der Waals surface area contributed by atoms with Crippen LogP contribution in [0.4, 0.5) is 13.6 Å². The second-order valence-corrected chi connectivity index (χ2v) is 10.6. The Bertz CT molecular complexity index is 982. The Kier molecular flexibility index (Phi) is 5.78. The summed E-state index contributed by atoms with van der Waals surface area (Å²) < 4.78 is 33.6. The van der Waals surface area contributed by atoms with Crippen LogP contribution in [-0.2, 0) is 5.66 Å². The number of rotatable bonds is 10. The highest BCUT2D eigenvalue weighted by molar-refractivity contribution is 5.80. The van der Waals surface area contributed by atoms with Crippen LogP contribution in [0.3, 0.4) is 0 Å². The Morgan fingerprint density at radius 2 is 2.00 bits per heavy atom. The Labute approximate surface area is 199 Å². The fourth-order valence-electron chi connectivity index (χ4n) is 5.66. The fourth-order valence-corrected chi connectivity index (χ4v) is 5.66. The summed E-state index contributed by atoms with van der Waals surface area (Å²) >= 11 is 0. The fraction of sp³-hybridized carbons (Fsp3) is 0.654. The maximum atomic E-state index is 13.9. The van der Waals surface area contributed by atoms with Crippen LogP contribution in [0, 0.1) is 11.8 Å². The van der Waals surface area contributed by atoms with Crippen LogP contribution in [0.1, 0.15) is 70.3 Å². The van der Waals surface area contributed by atoms with Gasteiger partial charge < -0.3 is 15.2 Å². The minimum absolute atomic E-state index is 0.0254. The maximum Gasteiger partial charge on any atom is 0.323 e. The zero-order valence-corrected chi connectivity index (χ0v) is 20.0. The standard InChI is InChI=1S/C26H35F2N3O3/c1-3-9-24(10-11-24)31-16-20(18-14-25(27,28)15-18)26(29-2,30-23(31)33)19-6-7-22(21(32)13-19)34-12-8-17-4-5-17/h6-7,13,16-18,29,32H,3-5,8-12,14-15H2,1-2H3,(H,30,33)/t26-/m0/s1. The van der Waals surface area contributed by atoms with Crippen molar-refractivity contribution in [3.8, 4) is 11.5 Å². The van der Waals surface area contributed by atoms with Crippen molar-refractivity contribution in [1.29, 1.82) is 0 Å². The molecule has 0 bridgehead atoms. The predicted molar refractivity (Wildman–Crippen MR) is 125 cm³/mol. The average Bonchev–Trinajstić information content (AvgIpc) is 3.70. The first kappa shape index (κ1) is 23.4. The lowest BCUT2D eigenvalue weighted by Crippen LogP contribution is -2.65. The number of urea groups is 1. The molecule has 1 aromatic rings. The van der Waals surface area contributed by atoms with Gasteiger partial charge in [0.05, 0.1) is 6.61 Å². The number of nitrogens with one attached hydrogen (secondary N) is 2. The number of ether oxygens (including phenoxy) is 1. The molecule has 8 heteroatoms. The van der Waals surface area contributed by atoms with Crippen LogP contribution in [0.25, 0.3) is 0 Å². The number of alkyl halides is 2. The minimum atomic E-state index is -2.70. The highest BCUT2D eigenvalue weighted by atomic mass is 19.3. The molecule has 3 N–H and O–H groups in total. The number of benzene rings is 1. The van der Waals surface area contributed by atoms with Gasteiger partial charge in [0, 0.05) is 30.1 Å². The molecule has 34 heavy (non-hydrogen) atoms. The predicted octanol–water partition coefficient (Wildman–Crippen LogP) is 5.23. The van der Waals surface area contributed by atoms with Gasteiger partial charge in [-0.15, -0.1) is 0 Å². The number of hydrogen-bond acceptors (Lipinski definition) is 4. The number of phenols is 1. The third-order valence-corrected chi connectivity index (χ3v) is 8.05. The maximum absolute atomic E-state index is 13.9. The number of carbonyl (C=O) groups is 1. The van der Waals surface area contributed by atoms with Gasteiger partial charge in [0.15, 0.2) is 11.5 Å². The van der Waals surface area contributed by atoms with Gasteiger partial charge in [-0.2, -0.15) is 0 Å². The molecule has 3 aliphatic carbocycles.